The summed E-state index contributed by atoms with van der Waals surface area (Å²) in [6.45, 7) is 3.38. The van der Waals surface area contributed by atoms with Gasteiger partial charge in [0.1, 0.15) is 24.4 Å². The second-order valence-corrected chi connectivity index (χ2v) is 9.79. The zero-order chi connectivity index (χ0) is 25.0. The minimum Gasteiger partial charge on any atom is -0.388 e. The summed E-state index contributed by atoms with van der Waals surface area (Å²) in [5, 5.41) is 44.4. The number of hydrogen-bond acceptors (Lipinski definition) is 7. The number of nitrogens with one attached hydrogen (secondary N) is 2. The van der Waals surface area contributed by atoms with E-state index in [1.807, 2.05) is 0 Å². The molecular weight excluding hydrogens is 436 g/mol. The van der Waals surface area contributed by atoms with Gasteiger partial charge in [0, 0.05) is 26.1 Å². The van der Waals surface area contributed by atoms with Crippen LogP contribution in [0, 0.1) is 0 Å². The first-order valence-electron chi connectivity index (χ1n) is 13.8. The molecule has 0 aromatic rings. The molecule has 1 heterocycles. The van der Waals surface area contributed by atoms with Crippen LogP contribution in [0.3, 0.4) is 0 Å². The van der Waals surface area contributed by atoms with Crippen LogP contribution in [0.25, 0.3) is 0 Å². The molecule has 0 spiro atoms. The van der Waals surface area contributed by atoms with Gasteiger partial charge in [-0.15, -0.1) is 0 Å². The van der Waals surface area contributed by atoms with Crippen molar-refractivity contribution in [2.75, 3.05) is 19.6 Å². The number of hydrogen-bond donors (Lipinski definition) is 6. The van der Waals surface area contributed by atoms with Gasteiger partial charge in [-0.2, -0.15) is 0 Å². The maximum atomic E-state index is 11.9. The maximum Gasteiger partial charge on any atom is 0.220 e. The van der Waals surface area contributed by atoms with Gasteiger partial charge in [0.25, 0.3) is 0 Å². The van der Waals surface area contributed by atoms with E-state index in [0.29, 0.717) is 19.5 Å². The molecule has 1 aliphatic heterocycles. The Bertz CT molecular complexity index is 496. The van der Waals surface area contributed by atoms with Gasteiger partial charge in [-0.1, -0.05) is 96.8 Å². The van der Waals surface area contributed by atoms with Gasteiger partial charge in [0.2, 0.25) is 5.91 Å². The molecule has 202 valence electrons. The van der Waals surface area contributed by atoms with Gasteiger partial charge < -0.3 is 35.8 Å². The molecule has 0 aromatic heterocycles. The number of ether oxygens (including phenoxy) is 1. The average molecular weight is 489 g/mol. The van der Waals surface area contributed by atoms with Crippen molar-refractivity contribution in [1.82, 2.24) is 10.6 Å². The molecule has 1 saturated heterocycles. The summed E-state index contributed by atoms with van der Waals surface area (Å²) >= 11 is 0. The average Bonchev–Trinajstić information content (AvgIpc) is 2.83. The van der Waals surface area contributed by atoms with Crippen LogP contribution in [0.15, 0.2) is 0 Å². The third-order valence-corrected chi connectivity index (χ3v) is 6.66. The van der Waals surface area contributed by atoms with E-state index in [9.17, 15) is 25.2 Å². The van der Waals surface area contributed by atoms with E-state index >= 15 is 0 Å². The zero-order valence-corrected chi connectivity index (χ0v) is 21.4. The predicted octanol–water partition coefficient (Wildman–Crippen LogP) is 2.75. The number of unbranched alkanes of at least 4 members (excludes halogenated alkanes) is 14. The fraction of sp³-hybridized carbons (Fsp3) is 0.962. The third-order valence-electron chi connectivity index (χ3n) is 6.66. The Labute approximate surface area is 206 Å². The highest BCUT2D eigenvalue weighted by Crippen LogP contribution is 2.19. The lowest BCUT2D eigenvalue weighted by Crippen LogP contribution is -2.59. The Morgan fingerprint density at radius 1 is 0.676 bits per heavy atom. The number of carbonyl (C=O) groups is 1. The zero-order valence-electron chi connectivity index (χ0n) is 21.4. The molecule has 6 N–H and O–H groups in total. The maximum absolute atomic E-state index is 11.9. The summed E-state index contributed by atoms with van der Waals surface area (Å²) in [5.41, 5.74) is 0. The normalized spacial score (nSPS) is 24.9. The molecule has 0 saturated carbocycles. The number of rotatable bonds is 21. The highest BCUT2D eigenvalue weighted by atomic mass is 16.6. The topological polar surface area (TPSA) is 131 Å². The molecular formula is C26H52N2O6. The second-order valence-electron chi connectivity index (χ2n) is 9.79. The molecule has 1 fully saturated rings. The molecule has 5 atom stereocenters. The number of carbonyl (C=O) groups excluding carboxylic acids is 1. The largest absolute Gasteiger partial charge is 0.388 e. The van der Waals surface area contributed by atoms with E-state index in [4.69, 9.17) is 4.74 Å². The van der Waals surface area contributed by atoms with E-state index in [2.05, 4.69) is 17.6 Å². The second kappa shape index (κ2) is 20.4. The molecule has 0 bridgehead atoms. The summed E-state index contributed by atoms with van der Waals surface area (Å²) in [7, 11) is 0. The van der Waals surface area contributed by atoms with E-state index in [1.54, 1.807) is 0 Å². The summed E-state index contributed by atoms with van der Waals surface area (Å²) in [6, 6.07) is 0. The molecule has 0 aliphatic carbocycles. The van der Waals surface area contributed by atoms with E-state index in [0.717, 1.165) is 12.8 Å². The Morgan fingerprint density at radius 2 is 1.18 bits per heavy atom. The fourth-order valence-electron chi connectivity index (χ4n) is 4.38. The van der Waals surface area contributed by atoms with E-state index < -0.39 is 30.7 Å². The van der Waals surface area contributed by atoms with Crippen LogP contribution in [-0.4, -0.2) is 76.7 Å². The first-order chi connectivity index (χ1) is 16.5. The highest BCUT2D eigenvalue weighted by Gasteiger charge is 2.42. The lowest BCUT2D eigenvalue weighted by atomic mass is 9.99. The van der Waals surface area contributed by atoms with Gasteiger partial charge in [0.05, 0.1) is 0 Å². The van der Waals surface area contributed by atoms with Crippen molar-refractivity contribution in [3.8, 4) is 0 Å². The summed E-state index contributed by atoms with van der Waals surface area (Å²) in [6.07, 6.45) is 13.5. The van der Waals surface area contributed by atoms with Crippen LogP contribution in [0.2, 0.25) is 0 Å². The molecule has 0 aromatic carbocycles. The van der Waals surface area contributed by atoms with Crippen LogP contribution in [0.1, 0.15) is 110 Å². The van der Waals surface area contributed by atoms with Crippen molar-refractivity contribution in [2.45, 2.75) is 140 Å². The molecule has 1 unspecified atom stereocenters. The Balaban J connectivity index is 1.84. The van der Waals surface area contributed by atoms with Gasteiger partial charge in [-0.25, -0.2) is 0 Å². The predicted molar refractivity (Wildman–Crippen MR) is 134 cm³/mol. The smallest absolute Gasteiger partial charge is 0.220 e. The first-order valence-corrected chi connectivity index (χ1v) is 13.8. The molecule has 34 heavy (non-hydrogen) atoms. The third kappa shape index (κ3) is 14.6. The molecule has 8 heteroatoms. The molecule has 1 aliphatic rings. The minimum absolute atomic E-state index is 0.0411. The van der Waals surface area contributed by atoms with Crippen molar-refractivity contribution in [3.05, 3.63) is 0 Å². The fourth-order valence-corrected chi connectivity index (χ4v) is 4.38. The SMILES string of the molecule is CCCCCCCCCCCCCCCCCC(=O)NCCNC[C@H]1OC(O)[C@H](O)[C@@H](O)[C@H]1O. The lowest BCUT2D eigenvalue weighted by molar-refractivity contribution is -0.280. The number of aliphatic hydroxyl groups excluding tert-OH is 4. The quantitative estimate of drug-likeness (QED) is 0.137. The van der Waals surface area contributed by atoms with E-state index in [1.165, 1.54) is 83.5 Å². The summed E-state index contributed by atoms with van der Waals surface area (Å²) in [5.74, 6) is 0.0411. The monoisotopic (exact) mass is 488 g/mol. The van der Waals surface area contributed by atoms with Crippen molar-refractivity contribution in [2.24, 2.45) is 0 Å². The van der Waals surface area contributed by atoms with Crippen LogP contribution < -0.4 is 10.6 Å². The Morgan fingerprint density at radius 3 is 1.71 bits per heavy atom. The van der Waals surface area contributed by atoms with Gasteiger partial charge in [-0.3, -0.25) is 4.79 Å². The van der Waals surface area contributed by atoms with Gasteiger partial charge in [-0.05, 0) is 6.42 Å². The summed E-state index contributed by atoms with van der Waals surface area (Å²) in [4.78, 5) is 11.9. The van der Waals surface area contributed by atoms with Crippen LogP contribution in [0.5, 0.6) is 0 Å². The Kier molecular flexibility index (Phi) is 18.8. The molecule has 0 radical (unpaired) electrons. The van der Waals surface area contributed by atoms with Crippen LogP contribution >= 0.6 is 0 Å². The van der Waals surface area contributed by atoms with Crippen molar-refractivity contribution < 1.29 is 30.0 Å². The van der Waals surface area contributed by atoms with Gasteiger partial charge >= 0.3 is 0 Å². The number of aliphatic hydroxyl groups is 4. The highest BCUT2D eigenvalue weighted by molar-refractivity contribution is 5.75. The summed E-state index contributed by atoms with van der Waals surface area (Å²) < 4.78 is 5.09. The molecule has 1 amide bonds. The van der Waals surface area contributed by atoms with Crippen molar-refractivity contribution in [1.29, 1.82) is 0 Å². The minimum atomic E-state index is -1.53. The first kappa shape index (κ1) is 31.3. The van der Waals surface area contributed by atoms with E-state index in [-0.39, 0.29) is 12.5 Å². The van der Waals surface area contributed by atoms with Crippen LogP contribution in [0.4, 0.5) is 0 Å². The van der Waals surface area contributed by atoms with Crippen molar-refractivity contribution in [3.63, 3.8) is 0 Å². The standard InChI is InChI=1S/C26H52N2O6/c1-2-3-4-5-6-7-8-9-10-11-12-13-14-15-16-17-22(29)28-19-18-27-20-21-23(30)24(31)25(32)26(33)34-21/h21,23-27,30-33H,2-20H2,1H3,(H,28,29)/t21-,23+,24+,25-,26?/m1/s1. The van der Waals surface area contributed by atoms with Crippen molar-refractivity contribution >= 4 is 5.91 Å². The molecule has 8 nitrogen and oxygen atoms in total. The Hall–Kier alpha value is -0.770. The van der Waals surface area contributed by atoms with Gasteiger partial charge in [0.15, 0.2) is 6.29 Å². The molecule has 1 rings (SSSR count). The lowest BCUT2D eigenvalue weighted by Gasteiger charge is -2.38. The van der Waals surface area contributed by atoms with Crippen LogP contribution in [-0.2, 0) is 9.53 Å². The number of amides is 1.